The number of likely N-dealkylation sites (N-methyl/N-ethyl adjacent to an activating group) is 1. The molecule has 0 radical (unpaired) electrons. The molecule has 1 aliphatic carbocycles. The van der Waals surface area contributed by atoms with Crippen LogP contribution in [0.1, 0.15) is 32.1 Å². The third-order valence-electron chi connectivity index (χ3n) is 5.10. The highest BCUT2D eigenvalue weighted by molar-refractivity contribution is 6.28. The summed E-state index contributed by atoms with van der Waals surface area (Å²) in [5.41, 5.74) is 4.85. The number of carbonyl (C=O) groups is 2. The average Bonchev–Trinajstić information content (AvgIpc) is 3.24. The molecular weight excluding hydrogens is 419 g/mol. The van der Waals surface area contributed by atoms with Gasteiger partial charge in [0, 0.05) is 20.7 Å². The van der Waals surface area contributed by atoms with Gasteiger partial charge in [-0.2, -0.15) is 14.4 Å². The number of halogens is 2. The fraction of sp³-hybridized carbons (Fsp3) is 0.667. The van der Waals surface area contributed by atoms with E-state index in [1.807, 2.05) is 0 Å². The zero-order chi connectivity index (χ0) is 22.1. The number of amides is 2. The van der Waals surface area contributed by atoms with Gasteiger partial charge in [0.2, 0.25) is 23.4 Å². The molecule has 1 saturated carbocycles. The summed E-state index contributed by atoms with van der Waals surface area (Å²) in [6, 6.07) is 0. The van der Waals surface area contributed by atoms with Gasteiger partial charge in [0.25, 0.3) is 0 Å². The maximum atomic E-state index is 14.8. The van der Waals surface area contributed by atoms with Crippen LogP contribution in [0.4, 0.5) is 16.0 Å². The number of nitrogens with one attached hydrogen (secondary N) is 2. The molecule has 168 valence electrons. The molecule has 3 N–H and O–H groups in total. The highest BCUT2D eigenvalue weighted by atomic mass is 35.5. The van der Waals surface area contributed by atoms with Crippen molar-refractivity contribution in [1.29, 1.82) is 0 Å². The lowest BCUT2D eigenvalue weighted by atomic mass is 9.92. The first-order chi connectivity index (χ1) is 14.3. The minimum absolute atomic E-state index is 0.0474. The van der Waals surface area contributed by atoms with Crippen LogP contribution in [0.3, 0.4) is 0 Å². The van der Waals surface area contributed by atoms with Crippen molar-refractivity contribution in [3.05, 3.63) is 11.1 Å². The van der Waals surface area contributed by atoms with Gasteiger partial charge >= 0.3 is 0 Å². The third-order valence-corrected chi connectivity index (χ3v) is 5.26. The molecule has 0 bridgehead atoms. The Hall–Kier alpha value is -2.24. The second-order valence-corrected chi connectivity index (χ2v) is 7.66. The summed E-state index contributed by atoms with van der Waals surface area (Å²) >= 11 is 5.90. The van der Waals surface area contributed by atoms with E-state index in [1.54, 1.807) is 7.05 Å². The summed E-state index contributed by atoms with van der Waals surface area (Å²) in [6.07, 6.45) is 4.94. The lowest BCUT2D eigenvalue weighted by molar-refractivity contribution is -0.154. The minimum atomic E-state index is -0.790. The number of hydrazine groups is 1. The molecule has 10 nitrogen and oxygen atoms in total. The van der Waals surface area contributed by atoms with E-state index in [4.69, 9.17) is 16.3 Å². The van der Waals surface area contributed by atoms with Gasteiger partial charge in [-0.3, -0.25) is 25.6 Å². The van der Waals surface area contributed by atoms with Crippen LogP contribution in [0.2, 0.25) is 5.28 Å². The first-order valence-electron chi connectivity index (χ1n) is 9.75. The van der Waals surface area contributed by atoms with Gasteiger partial charge in [-0.1, -0.05) is 25.7 Å². The molecule has 2 amide bonds. The number of anilines is 2. The lowest BCUT2D eigenvalue weighted by Gasteiger charge is -2.23. The smallest absolute Gasteiger partial charge is 0.243 e. The van der Waals surface area contributed by atoms with Crippen LogP contribution in [-0.4, -0.2) is 66.4 Å². The molecule has 0 unspecified atom stereocenters. The molecule has 1 heterocycles. The van der Waals surface area contributed by atoms with Gasteiger partial charge in [-0.05, 0) is 23.9 Å². The van der Waals surface area contributed by atoms with Gasteiger partial charge in [-0.15, -0.1) is 0 Å². The van der Waals surface area contributed by atoms with E-state index >= 15 is 0 Å². The van der Waals surface area contributed by atoms with Crippen LogP contribution in [0.15, 0.2) is 0 Å². The highest BCUT2D eigenvalue weighted by Gasteiger charge is 2.27. The largest absolute Gasteiger partial charge is 0.383 e. The molecule has 0 spiro atoms. The zero-order valence-corrected chi connectivity index (χ0v) is 17.9. The summed E-state index contributed by atoms with van der Waals surface area (Å²) in [5.74, 6) is -1.95. The summed E-state index contributed by atoms with van der Waals surface area (Å²) in [7, 11) is 3.15. The van der Waals surface area contributed by atoms with Gasteiger partial charge in [0.15, 0.2) is 11.6 Å². The van der Waals surface area contributed by atoms with E-state index in [2.05, 4.69) is 20.8 Å². The molecule has 2 rings (SSSR count). The molecule has 0 aromatic carbocycles. The number of nitrogens with zero attached hydrogens (tertiary/aromatic N) is 4. The Morgan fingerprint density at radius 3 is 2.77 bits per heavy atom. The summed E-state index contributed by atoms with van der Waals surface area (Å²) in [6.45, 7) is 0.563. The van der Waals surface area contributed by atoms with Crippen LogP contribution in [0, 0.1) is 17.7 Å². The van der Waals surface area contributed by atoms with Crippen molar-refractivity contribution < 1.29 is 23.9 Å². The minimum Gasteiger partial charge on any atom is -0.383 e. The van der Waals surface area contributed by atoms with Crippen LogP contribution in [-0.2, 0) is 14.3 Å². The van der Waals surface area contributed by atoms with Crippen molar-refractivity contribution >= 4 is 35.6 Å². The van der Waals surface area contributed by atoms with Crippen LogP contribution >= 0.6 is 11.6 Å². The Bertz CT molecular complexity index is 722. The number of hydroxylamine groups is 2. The van der Waals surface area contributed by atoms with Crippen molar-refractivity contribution in [3.63, 3.8) is 0 Å². The standard InChI is InChI=1S/C18H28ClFN6O4/c1-25(7-8-30-2)16-14(20)15(21-18(19)22-16)23-24-17(28)13(10-26(29)11-27)9-12-5-3-4-6-12/h11-13,29H,3-10H2,1-2H3,(H,24,28)(H,21,22,23)/t13-/m0/s1. The van der Waals surface area contributed by atoms with Gasteiger partial charge < -0.3 is 9.64 Å². The summed E-state index contributed by atoms with van der Waals surface area (Å²) in [4.78, 5) is 32.6. The van der Waals surface area contributed by atoms with E-state index in [9.17, 15) is 19.2 Å². The van der Waals surface area contributed by atoms with Crippen molar-refractivity contribution in [2.75, 3.05) is 44.2 Å². The second-order valence-electron chi connectivity index (χ2n) is 7.32. The molecule has 1 fully saturated rings. The molecule has 12 heteroatoms. The van der Waals surface area contributed by atoms with E-state index in [1.165, 1.54) is 12.0 Å². The molecule has 0 aliphatic heterocycles. The van der Waals surface area contributed by atoms with Gasteiger partial charge in [-0.25, -0.2) is 5.06 Å². The number of aromatic nitrogens is 2. The van der Waals surface area contributed by atoms with E-state index in [-0.39, 0.29) is 29.9 Å². The van der Waals surface area contributed by atoms with Crippen molar-refractivity contribution in [1.82, 2.24) is 20.5 Å². The Balaban J connectivity index is 2.07. The third kappa shape index (κ3) is 6.92. The maximum Gasteiger partial charge on any atom is 0.243 e. The fourth-order valence-electron chi connectivity index (χ4n) is 3.48. The number of methoxy groups -OCH3 is 1. The maximum absolute atomic E-state index is 14.8. The number of hydrogen-bond donors (Lipinski definition) is 3. The predicted octanol–water partition coefficient (Wildman–Crippen LogP) is 1.84. The molecule has 1 aromatic heterocycles. The predicted molar refractivity (Wildman–Crippen MR) is 109 cm³/mol. The first-order valence-corrected chi connectivity index (χ1v) is 10.1. The monoisotopic (exact) mass is 446 g/mol. The normalized spacial score (nSPS) is 15.0. The van der Waals surface area contributed by atoms with E-state index in [0.717, 1.165) is 25.7 Å². The number of ether oxygens (including phenoxy) is 1. The summed E-state index contributed by atoms with van der Waals surface area (Å²) < 4.78 is 19.8. The number of carbonyl (C=O) groups excluding carboxylic acids is 2. The Morgan fingerprint density at radius 1 is 1.43 bits per heavy atom. The van der Waals surface area contributed by atoms with Crippen LogP contribution in [0.25, 0.3) is 0 Å². The Labute approximate surface area is 179 Å². The number of rotatable bonds is 12. The molecular formula is C18H28ClFN6O4. The molecule has 1 atom stereocenters. The van der Waals surface area contributed by atoms with Gasteiger partial charge in [0.1, 0.15) is 0 Å². The summed E-state index contributed by atoms with van der Waals surface area (Å²) in [5, 5.41) is 9.77. The quantitative estimate of drug-likeness (QED) is 0.192. The first kappa shape index (κ1) is 24.0. The van der Waals surface area contributed by atoms with Crippen LogP contribution < -0.4 is 15.8 Å². The number of hydrogen-bond acceptors (Lipinski definition) is 8. The zero-order valence-electron chi connectivity index (χ0n) is 17.1. The van der Waals surface area contributed by atoms with Crippen molar-refractivity contribution in [2.45, 2.75) is 32.1 Å². The molecule has 0 saturated heterocycles. The fourth-order valence-corrected chi connectivity index (χ4v) is 3.65. The molecule has 1 aromatic rings. The highest BCUT2D eigenvalue weighted by Crippen LogP contribution is 2.30. The van der Waals surface area contributed by atoms with Crippen molar-refractivity contribution in [3.8, 4) is 0 Å². The lowest BCUT2D eigenvalue weighted by Crippen LogP contribution is -2.41. The van der Waals surface area contributed by atoms with Crippen molar-refractivity contribution in [2.24, 2.45) is 11.8 Å². The average molecular weight is 447 g/mol. The molecule has 1 aliphatic rings. The molecule has 30 heavy (non-hydrogen) atoms. The second kappa shape index (κ2) is 11.8. The topological polar surface area (TPSA) is 120 Å². The van der Waals surface area contributed by atoms with Crippen LogP contribution in [0.5, 0.6) is 0 Å². The van der Waals surface area contributed by atoms with E-state index in [0.29, 0.717) is 30.6 Å². The van der Waals surface area contributed by atoms with E-state index < -0.39 is 17.6 Å². The Kier molecular flexibility index (Phi) is 9.47. The Morgan fingerprint density at radius 2 is 2.13 bits per heavy atom. The SMILES string of the molecule is COCCN(C)c1nc(Cl)nc(NNC(=O)[C@@H](CC2CCCC2)CN(O)C=O)c1F. The van der Waals surface area contributed by atoms with Gasteiger partial charge in [0.05, 0.1) is 19.1 Å².